The number of rotatable bonds is 6. The molecule has 1 atom stereocenters. The minimum Gasteiger partial charge on any atom is -0.383 e. The molecule has 0 aliphatic carbocycles. The molecule has 1 rings (SSSR count). The smallest absolute Gasteiger partial charge is 0.235 e. The number of nitrogens with one attached hydrogen (secondary N) is 1. The van der Waals surface area contributed by atoms with Crippen molar-refractivity contribution in [3.8, 4) is 0 Å². The fourth-order valence-corrected chi connectivity index (χ4v) is 2.69. The summed E-state index contributed by atoms with van der Waals surface area (Å²) < 4.78 is 54.3. The van der Waals surface area contributed by atoms with Crippen LogP contribution < -0.4 is 5.32 Å². The zero-order valence-corrected chi connectivity index (χ0v) is 11.8. The van der Waals surface area contributed by atoms with E-state index in [4.69, 9.17) is 4.74 Å². The lowest BCUT2D eigenvalue weighted by molar-refractivity contribution is -0.119. The second-order valence-electron chi connectivity index (χ2n) is 4.26. The van der Waals surface area contributed by atoms with E-state index in [1.54, 1.807) is 6.92 Å². The minimum absolute atomic E-state index is 0.233. The number of benzene rings is 1. The Morgan fingerprint density at radius 1 is 1.35 bits per heavy atom. The summed E-state index contributed by atoms with van der Waals surface area (Å²) in [6.07, 6.45) is 0. The van der Waals surface area contributed by atoms with Gasteiger partial charge in [-0.05, 0) is 25.1 Å². The predicted molar refractivity (Wildman–Crippen MR) is 67.9 cm³/mol. The molecule has 0 spiro atoms. The van der Waals surface area contributed by atoms with Gasteiger partial charge in [-0.2, -0.15) is 0 Å². The maximum Gasteiger partial charge on any atom is 0.235 e. The fourth-order valence-electron chi connectivity index (χ4n) is 1.53. The lowest BCUT2D eigenvalue weighted by Crippen LogP contribution is -2.39. The molecule has 0 saturated carbocycles. The highest BCUT2D eigenvalue weighted by Crippen LogP contribution is 2.15. The Morgan fingerprint density at radius 3 is 2.55 bits per heavy atom. The third-order valence-electron chi connectivity index (χ3n) is 2.40. The first-order valence-corrected chi connectivity index (χ1v) is 7.37. The molecule has 1 amide bonds. The zero-order chi connectivity index (χ0) is 15.3. The van der Waals surface area contributed by atoms with Crippen LogP contribution in [0.5, 0.6) is 0 Å². The number of carbonyl (C=O) groups excluding carboxylic acids is 1. The van der Waals surface area contributed by atoms with Gasteiger partial charge in [-0.3, -0.25) is 4.79 Å². The molecule has 0 bridgehead atoms. The average Bonchev–Trinajstić information content (AvgIpc) is 2.31. The van der Waals surface area contributed by atoms with E-state index in [9.17, 15) is 22.0 Å². The van der Waals surface area contributed by atoms with E-state index >= 15 is 0 Å². The molecule has 1 aromatic carbocycles. The summed E-state index contributed by atoms with van der Waals surface area (Å²) in [7, 11) is -2.57. The van der Waals surface area contributed by atoms with E-state index in [1.807, 2.05) is 0 Å². The van der Waals surface area contributed by atoms with Crippen LogP contribution in [0.2, 0.25) is 0 Å². The van der Waals surface area contributed by atoms with E-state index in [2.05, 4.69) is 5.32 Å². The second-order valence-corrected chi connectivity index (χ2v) is 6.25. The largest absolute Gasteiger partial charge is 0.383 e. The Hall–Kier alpha value is -1.54. The lowest BCUT2D eigenvalue weighted by atomic mass is 10.3. The van der Waals surface area contributed by atoms with Crippen molar-refractivity contribution in [2.24, 2.45) is 0 Å². The molecule has 0 radical (unpaired) electrons. The fraction of sp³-hybridized carbons (Fsp3) is 0.417. The van der Waals surface area contributed by atoms with Crippen LogP contribution in [0.1, 0.15) is 6.92 Å². The van der Waals surface area contributed by atoms with Crippen molar-refractivity contribution in [2.45, 2.75) is 17.9 Å². The molecule has 0 saturated heterocycles. The topological polar surface area (TPSA) is 72.5 Å². The first kappa shape index (κ1) is 16.5. The maximum absolute atomic E-state index is 13.0. The number of methoxy groups -OCH3 is 1. The molecule has 1 unspecified atom stereocenters. The molecule has 1 aromatic rings. The first-order valence-electron chi connectivity index (χ1n) is 5.72. The normalized spacial score (nSPS) is 13.0. The molecule has 0 aliphatic heterocycles. The van der Waals surface area contributed by atoms with Gasteiger partial charge in [0.1, 0.15) is 5.75 Å². The SMILES string of the molecule is COCC(C)NC(=O)CS(=O)(=O)c1ccc(F)c(F)c1. The lowest BCUT2D eigenvalue weighted by Gasteiger charge is -2.12. The number of carbonyl (C=O) groups is 1. The van der Waals surface area contributed by atoms with Crippen LogP contribution in [0.4, 0.5) is 8.78 Å². The van der Waals surface area contributed by atoms with E-state index in [0.717, 1.165) is 6.07 Å². The number of sulfone groups is 1. The molecule has 5 nitrogen and oxygen atoms in total. The van der Waals surface area contributed by atoms with Gasteiger partial charge >= 0.3 is 0 Å². The summed E-state index contributed by atoms with van der Waals surface area (Å²) in [6, 6.07) is 1.82. The number of hydrogen-bond acceptors (Lipinski definition) is 4. The molecule has 0 aromatic heterocycles. The van der Waals surface area contributed by atoms with Gasteiger partial charge in [-0.15, -0.1) is 0 Å². The maximum atomic E-state index is 13.0. The van der Waals surface area contributed by atoms with Crippen molar-refractivity contribution in [3.63, 3.8) is 0 Å². The van der Waals surface area contributed by atoms with E-state index in [1.165, 1.54) is 7.11 Å². The van der Waals surface area contributed by atoms with E-state index in [0.29, 0.717) is 12.1 Å². The molecule has 8 heteroatoms. The molecule has 20 heavy (non-hydrogen) atoms. The van der Waals surface area contributed by atoms with Gasteiger partial charge in [0, 0.05) is 13.2 Å². The standard InChI is InChI=1S/C12H15F2NO4S/c1-8(6-19-2)15-12(16)7-20(17,18)9-3-4-10(13)11(14)5-9/h3-5,8H,6-7H2,1-2H3,(H,15,16). The third-order valence-corrected chi connectivity index (χ3v) is 4.01. The van der Waals surface area contributed by atoms with Crippen molar-refractivity contribution in [1.29, 1.82) is 0 Å². The number of ether oxygens (including phenoxy) is 1. The summed E-state index contributed by atoms with van der Waals surface area (Å²) in [6.45, 7) is 1.88. The molecule has 0 aliphatic rings. The van der Waals surface area contributed by atoms with Gasteiger partial charge in [-0.25, -0.2) is 17.2 Å². The van der Waals surface area contributed by atoms with Crippen LogP contribution >= 0.6 is 0 Å². The zero-order valence-electron chi connectivity index (χ0n) is 11.0. The van der Waals surface area contributed by atoms with Gasteiger partial charge in [-0.1, -0.05) is 0 Å². The van der Waals surface area contributed by atoms with Gasteiger partial charge in [0.05, 0.1) is 11.5 Å². The van der Waals surface area contributed by atoms with Crippen molar-refractivity contribution in [3.05, 3.63) is 29.8 Å². The summed E-state index contributed by atoms with van der Waals surface area (Å²) >= 11 is 0. The van der Waals surface area contributed by atoms with Crippen LogP contribution in [-0.2, 0) is 19.4 Å². The van der Waals surface area contributed by atoms with Crippen LogP contribution in [0.15, 0.2) is 23.1 Å². The molecular weight excluding hydrogens is 292 g/mol. The van der Waals surface area contributed by atoms with Crippen LogP contribution in [0.3, 0.4) is 0 Å². The number of hydrogen-bond donors (Lipinski definition) is 1. The quantitative estimate of drug-likeness (QED) is 0.792. The van der Waals surface area contributed by atoms with Crippen molar-refractivity contribution < 1.29 is 26.7 Å². The second kappa shape index (κ2) is 6.76. The van der Waals surface area contributed by atoms with Crippen LogP contribution in [0, 0.1) is 11.6 Å². The molecular formula is C12H15F2NO4S. The first-order chi connectivity index (χ1) is 9.26. The van der Waals surface area contributed by atoms with Crippen LogP contribution in [0.25, 0.3) is 0 Å². The van der Waals surface area contributed by atoms with Gasteiger partial charge in [0.15, 0.2) is 21.5 Å². The van der Waals surface area contributed by atoms with E-state index in [-0.39, 0.29) is 12.6 Å². The molecule has 0 fully saturated rings. The third kappa shape index (κ3) is 4.53. The molecule has 112 valence electrons. The Balaban J connectivity index is 2.79. The highest BCUT2D eigenvalue weighted by Gasteiger charge is 2.21. The summed E-state index contributed by atoms with van der Waals surface area (Å²) in [5, 5.41) is 2.42. The summed E-state index contributed by atoms with van der Waals surface area (Å²) in [5.41, 5.74) is 0. The number of halogens is 2. The van der Waals surface area contributed by atoms with Crippen molar-refractivity contribution in [2.75, 3.05) is 19.5 Å². The van der Waals surface area contributed by atoms with Gasteiger partial charge < -0.3 is 10.1 Å². The highest BCUT2D eigenvalue weighted by molar-refractivity contribution is 7.92. The Kier molecular flexibility index (Phi) is 5.58. The monoisotopic (exact) mass is 307 g/mol. The Labute approximate surface area is 115 Å². The Bertz CT molecular complexity index is 589. The van der Waals surface area contributed by atoms with Crippen molar-refractivity contribution >= 4 is 15.7 Å². The van der Waals surface area contributed by atoms with E-state index < -0.39 is 38.0 Å². The molecule has 1 N–H and O–H groups in total. The van der Waals surface area contributed by atoms with Crippen LogP contribution in [-0.4, -0.2) is 39.8 Å². The van der Waals surface area contributed by atoms with Gasteiger partial charge in [0.2, 0.25) is 5.91 Å². The summed E-state index contributed by atoms with van der Waals surface area (Å²) in [4.78, 5) is 11.1. The molecule has 0 heterocycles. The number of amides is 1. The predicted octanol–water partition coefficient (Wildman–Crippen LogP) is 0.890. The van der Waals surface area contributed by atoms with Crippen molar-refractivity contribution in [1.82, 2.24) is 5.32 Å². The average molecular weight is 307 g/mol. The summed E-state index contributed by atoms with van der Waals surface area (Å²) in [5.74, 6) is -4.01. The Morgan fingerprint density at radius 2 is 2.00 bits per heavy atom. The highest BCUT2D eigenvalue weighted by atomic mass is 32.2. The van der Waals surface area contributed by atoms with Gasteiger partial charge in [0.25, 0.3) is 0 Å². The minimum atomic E-state index is -4.02.